The summed E-state index contributed by atoms with van der Waals surface area (Å²) in [7, 11) is 0. The molecule has 16 aromatic rings. The minimum atomic E-state index is 0.281. The van der Waals surface area contributed by atoms with Crippen LogP contribution in [0.1, 0.15) is 51.2 Å². The number of benzene rings is 12. The van der Waals surface area contributed by atoms with E-state index in [2.05, 4.69) is 239 Å². The third kappa shape index (κ3) is 6.61. The van der Waals surface area contributed by atoms with Gasteiger partial charge in [-0.25, -0.2) is 0 Å². The number of aryl methyl sites for hydroxylation is 1. The largest absolute Gasteiger partial charge is 0.454 e. The van der Waals surface area contributed by atoms with Crippen molar-refractivity contribution in [2.75, 3.05) is 9.80 Å². The molecule has 0 bridgehead atoms. The molecule has 6 nitrogen and oxygen atoms in total. The Kier molecular flexibility index (Phi) is 10.1. The second-order valence-corrected chi connectivity index (χ2v) is 20.8. The summed E-state index contributed by atoms with van der Waals surface area (Å²) in [6, 6.07) is 73.7. The summed E-state index contributed by atoms with van der Waals surface area (Å²) in [5.41, 5.74) is 14.7. The van der Waals surface area contributed by atoms with E-state index in [1.165, 1.54) is 22.8 Å². The highest BCUT2D eigenvalue weighted by atomic mass is 16.3. The molecule has 0 fully saturated rings. The molecule has 12 aromatic carbocycles. The van der Waals surface area contributed by atoms with Gasteiger partial charge in [0.2, 0.25) is 0 Å². The van der Waals surface area contributed by atoms with Gasteiger partial charge in [-0.05, 0) is 94.0 Å². The topological polar surface area (TPSA) is 59.0 Å². The molecule has 0 saturated carbocycles. The van der Waals surface area contributed by atoms with Crippen LogP contribution in [0.2, 0.25) is 0 Å². The van der Waals surface area contributed by atoms with Gasteiger partial charge in [-0.15, -0.1) is 0 Å². The first-order chi connectivity index (χ1) is 37.9. The smallest absolute Gasteiger partial charge is 0.159 e. The lowest BCUT2D eigenvalue weighted by Crippen LogP contribution is -2.12. The summed E-state index contributed by atoms with van der Waals surface area (Å²) < 4.78 is 27.9. The van der Waals surface area contributed by atoms with Crippen LogP contribution in [0.5, 0.6) is 0 Å². The average molecular weight is 997 g/mol. The van der Waals surface area contributed by atoms with Gasteiger partial charge in [0.1, 0.15) is 22.3 Å². The number of furan rings is 4. The molecule has 370 valence electrons. The number of hydrogen-bond acceptors (Lipinski definition) is 6. The number of nitrogens with zero attached hydrogens (tertiary/aromatic N) is 2. The number of anilines is 6. The quantitative estimate of drug-likeness (QED) is 0.148. The van der Waals surface area contributed by atoms with Crippen molar-refractivity contribution in [3.63, 3.8) is 0 Å². The third-order valence-corrected chi connectivity index (χ3v) is 15.7. The van der Waals surface area contributed by atoms with Crippen molar-refractivity contribution in [2.45, 2.75) is 47.0 Å². The van der Waals surface area contributed by atoms with Crippen LogP contribution in [0.3, 0.4) is 0 Å². The normalized spacial score (nSPS) is 12.1. The Balaban J connectivity index is 0.00000169. The van der Waals surface area contributed by atoms with E-state index in [0.717, 1.165) is 149 Å². The van der Waals surface area contributed by atoms with Crippen molar-refractivity contribution in [1.29, 1.82) is 0 Å². The lowest BCUT2D eigenvalue weighted by molar-refractivity contribution is 0.656. The molecule has 0 spiro atoms. The van der Waals surface area contributed by atoms with Gasteiger partial charge < -0.3 is 27.5 Å². The van der Waals surface area contributed by atoms with E-state index < -0.39 is 0 Å². The van der Waals surface area contributed by atoms with Crippen LogP contribution in [0, 0.1) is 6.92 Å². The third-order valence-electron chi connectivity index (χ3n) is 15.7. The van der Waals surface area contributed by atoms with Gasteiger partial charge in [-0.2, -0.15) is 0 Å². The number of fused-ring (bicyclic) bond motifs is 12. The summed E-state index contributed by atoms with van der Waals surface area (Å²) in [6.07, 6.45) is 1.25. The zero-order chi connectivity index (χ0) is 51.6. The van der Waals surface area contributed by atoms with Gasteiger partial charge in [0.25, 0.3) is 0 Å². The highest BCUT2D eigenvalue weighted by Crippen LogP contribution is 2.53. The summed E-state index contributed by atoms with van der Waals surface area (Å²) in [6.45, 7) is 10.8. The molecule has 16 rings (SSSR count). The fourth-order valence-corrected chi connectivity index (χ4v) is 12.3. The molecule has 0 aliphatic heterocycles. The molecule has 77 heavy (non-hydrogen) atoms. The summed E-state index contributed by atoms with van der Waals surface area (Å²) in [4.78, 5) is 4.73. The average Bonchev–Trinajstić information content (AvgIpc) is 4.32. The second-order valence-electron chi connectivity index (χ2n) is 20.8. The number of rotatable bonds is 7. The Morgan fingerprint density at radius 1 is 0.312 bits per heavy atom. The molecule has 0 aliphatic rings. The van der Waals surface area contributed by atoms with Gasteiger partial charge in [0.05, 0.1) is 34.1 Å². The van der Waals surface area contributed by atoms with Gasteiger partial charge in [0, 0.05) is 53.9 Å². The predicted molar refractivity (Wildman–Crippen MR) is 323 cm³/mol. The van der Waals surface area contributed by atoms with Crippen LogP contribution in [0.25, 0.3) is 120 Å². The SMILES string of the molecule is CCC.Cc1cccc2c1oc1c(N(c3ccc4ccc5c(N(c6cccc7c6oc6ccccc67)c6cccc7c6oc6c(C(C)C)cccc67)ccc6ccc3c4c65)c3cccc4c3oc3ccccc34)cccc12. The molecule has 0 aliphatic carbocycles. The highest BCUT2D eigenvalue weighted by molar-refractivity contribution is 6.29. The first-order valence-corrected chi connectivity index (χ1v) is 26.8. The maximum absolute atomic E-state index is 7.14. The standard InChI is InChI=1S/C68H44N2O4.C3H8/c1-38(2)42-17-9-19-48-50-23-13-27-58(68(50)74-64(42)48)70(56-25-11-21-46-44-16-5-7-29-60(44)72-66(46)56)54-37-33-41-30-34-51-53(36-32-40-31-35-52(54)62(41)61(40)51)69(55-24-10-20-45-43-15-4-6-28-59(43)71-65(45)55)57-26-12-22-49-47-18-8-14-39(3)63(47)73-67(49)57;1-3-2/h4-38H,1-3H3;3H2,1-2H3. The fraction of sp³-hybridized carbons (Fsp3) is 0.0986. The van der Waals surface area contributed by atoms with Gasteiger partial charge >= 0.3 is 0 Å². The summed E-state index contributed by atoms with van der Waals surface area (Å²) in [5.74, 6) is 0.281. The van der Waals surface area contributed by atoms with Crippen LogP contribution in [0.15, 0.2) is 224 Å². The first kappa shape index (κ1) is 44.9. The Labute approximate surface area is 443 Å². The van der Waals surface area contributed by atoms with Crippen molar-refractivity contribution < 1.29 is 17.7 Å². The lowest BCUT2D eigenvalue weighted by Gasteiger charge is -2.29. The van der Waals surface area contributed by atoms with E-state index >= 15 is 0 Å². The van der Waals surface area contributed by atoms with Crippen LogP contribution >= 0.6 is 0 Å². The predicted octanol–water partition coefficient (Wildman–Crippen LogP) is 22.0. The van der Waals surface area contributed by atoms with Crippen molar-refractivity contribution in [3.05, 3.63) is 217 Å². The van der Waals surface area contributed by atoms with Crippen LogP contribution in [0.4, 0.5) is 34.1 Å². The summed E-state index contributed by atoms with van der Waals surface area (Å²) >= 11 is 0. The number of hydrogen-bond donors (Lipinski definition) is 0. The zero-order valence-corrected chi connectivity index (χ0v) is 43.4. The van der Waals surface area contributed by atoms with Crippen molar-refractivity contribution in [3.8, 4) is 0 Å². The molecule has 0 saturated heterocycles. The van der Waals surface area contributed by atoms with Gasteiger partial charge in [0.15, 0.2) is 22.3 Å². The molecule has 0 amide bonds. The van der Waals surface area contributed by atoms with Gasteiger partial charge in [-0.1, -0.05) is 192 Å². The molecule has 0 radical (unpaired) electrons. The van der Waals surface area contributed by atoms with E-state index in [0.29, 0.717) is 0 Å². The van der Waals surface area contributed by atoms with E-state index in [-0.39, 0.29) is 5.92 Å². The Bertz CT molecular complexity index is 5010. The van der Waals surface area contributed by atoms with E-state index in [1.807, 2.05) is 12.1 Å². The molecule has 6 heteroatoms. The molecule has 0 N–H and O–H groups in total. The number of para-hydroxylation sites is 8. The lowest BCUT2D eigenvalue weighted by atomic mass is 9.91. The van der Waals surface area contributed by atoms with Crippen LogP contribution in [-0.2, 0) is 0 Å². The van der Waals surface area contributed by atoms with Crippen LogP contribution in [-0.4, -0.2) is 0 Å². The fourth-order valence-electron chi connectivity index (χ4n) is 12.3. The monoisotopic (exact) mass is 996 g/mol. The molecular formula is C71H52N2O4. The maximum atomic E-state index is 7.14. The van der Waals surface area contributed by atoms with E-state index in [4.69, 9.17) is 17.7 Å². The first-order valence-electron chi connectivity index (χ1n) is 26.8. The second kappa shape index (κ2) is 17.3. The van der Waals surface area contributed by atoms with Crippen molar-refractivity contribution in [2.24, 2.45) is 0 Å². The van der Waals surface area contributed by atoms with E-state index in [9.17, 15) is 0 Å². The van der Waals surface area contributed by atoms with Crippen molar-refractivity contribution >= 4 is 154 Å². The molecular weight excluding hydrogens is 945 g/mol. The molecule has 4 aromatic heterocycles. The highest BCUT2D eigenvalue weighted by Gasteiger charge is 2.29. The molecule has 0 unspecified atom stereocenters. The Hall–Kier alpha value is -9.52. The van der Waals surface area contributed by atoms with Crippen LogP contribution < -0.4 is 9.80 Å². The Morgan fingerprint density at radius 2 is 0.662 bits per heavy atom. The molecule has 4 heterocycles. The minimum absolute atomic E-state index is 0.281. The maximum Gasteiger partial charge on any atom is 0.159 e. The van der Waals surface area contributed by atoms with E-state index in [1.54, 1.807) is 0 Å². The Morgan fingerprint density at radius 3 is 1.13 bits per heavy atom. The molecule has 0 atom stereocenters. The van der Waals surface area contributed by atoms with Crippen molar-refractivity contribution in [1.82, 2.24) is 0 Å². The minimum Gasteiger partial charge on any atom is -0.454 e. The zero-order valence-electron chi connectivity index (χ0n) is 43.4. The summed E-state index contributed by atoms with van der Waals surface area (Å²) in [5, 5.41) is 15.4. The van der Waals surface area contributed by atoms with Gasteiger partial charge in [-0.3, -0.25) is 0 Å².